The first-order valence-corrected chi connectivity index (χ1v) is 11.6. The molecule has 1 aromatic rings. The first kappa shape index (κ1) is 23.9. The second kappa shape index (κ2) is 10.7. The Hall–Kier alpha value is -2.77. The third kappa shape index (κ3) is 6.37. The lowest BCUT2D eigenvalue weighted by molar-refractivity contribution is -0.134. The molecular formula is C24H36N4O4. The summed E-state index contributed by atoms with van der Waals surface area (Å²) in [4.78, 5) is 42.1. The molecule has 0 saturated carbocycles. The molecule has 2 fully saturated rings. The number of hydrogen-bond acceptors (Lipinski definition) is 4. The van der Waals surface area contributed by atoms with Crippen molar-refractivity contribution in [3.63, 3.8) is 0 Å². The van der Waals surface area contributed by atoms with Crippen molar-refractivity contribution >= 4 is 18.0 Å². The Balaban J connectivity index is 1.49. The lowest BCUT2D eigenvalue weighted by Crippen LogP contribution is -2.53. The number of urea groups is 1. The van der Waals surface area contributed by atoms with Crippen LogP contribution in [0.15, 0.2) is 30.3 Å². The van der Waals surface area contributed by atoms with Crippen molar-refractivity contribution in [3.8, 4) is 0 Å². The van der Waals surface area contributed by atoms with Gasteiger partial charge in [0, 0.05) is 32.7 Å². The van der Waals surface area contributed by atoms with Gasteiger partial charge >= 0.3 is 12.1 Å². The Morgan fingerprint density at radius 3 is 2.38 bits per heavy atom. The van der Waals surface area contributed by atoms with Crippen LogP contribution in [0.3, 0.4) is 0 Å². The minimum absolute atomic E-state index is 0.0262. The molecule has 2 aliphatic heterocycles. The predicted octanol–water partition coefficient (Wildman–Crippen LogP) is 3.06. The largest absolute Gasteiger partial charge is 0.445 e. The molecular weight excluding hydrogens is 408 g/mol. The average Bonchev–Trinajstić information content (AvgIpc) is 2.78. The molecule has 4 amide bonds. The molecule has 2 heterocycles. The number of nitrogens with zero attached hydrogens (tertiary/aromatic N) is 3. The maximum absolute atomic E-state index is 12.8. The van der Waals surface area contributed by atoms with E-state index in [0.29, 0.717) is 32.7 Å². The topological polar surface area (TPSA) is 96.2 Å². The molecule has 2 aliphatic rings. The molecule has 0 radical (unpaired) electrons. The highest BCUT2D eigenvalue weighted by atomic mass is 16.6. The fourth-order valence-corrected chi connectivity index (χ4v) is 4.75. The van der Waals surface area contributed by atoms with E-state index in [1.165, 1.54) is 4.90 Å². The van der Waals surface area contributed by atoms with Crippen molar-refractivity contribution < 1.29 is 19.1 Å². The fourth-order valence-electron chi connectivity index (χ4n) is 4.75. The average molecular weight is 445 g/mol. The van der Waals surface area contributed by atoms with E-state index in [9.17, 15) is 14.4 Å². The van der Waals surface area contributed by atoms with Crippen molar-refractivity contribution in [2.24, 2.45) is 17.1 Å². The van der Waals surface area contributed by atoms with Gasteiger partial charge in [0.25, 0.3) is 0 Å². The summed E-state index contributed by atoms with van der Waals surface area (Å²) in [6.07, 6.45) is 3.43. The van der Waals surface area contributed by atoms with E-state index < -0.39 is 6.03 Å². The van der Waals surface area contributed by atoms with Crippen LogP contribution in [0.4, 0.5) is 9.59 Å². The van der Waals surface area contributed by atoms with E-state index in [4.69, 9.17) is 10.5 Å². The summed E-state index contributed by atoms with van der Waals surface area (Å²) in [5, 5.41) is 0. The van der Waals surface area contributed by atoms with Crippen molar-refractivity contribution in [3.05, 3.63) is 35.9 Å². The van der Waals surface area contributed by atoms with Gasteiger partial charge < -0.3 is 25.2 Å². The zero-order valence-electron chi connectivity index (χ0n) is 19.3. The lowest BCUT2D eigenvalue weighted by atomic mass is 9.72. The number of primary amides is 1. The highest BCUT2D eigenvalue weighted by Gasteiger charge is 2.41. The molecule has 176 valence electrons. The molecule has 8 nitrogen and oxygen atoms in total. The number of piperidine rings is 2. The Bertz CT molecular complexity index is 790. The molecule has 8 heteroatoms. The van der Waals surface area contributed by atoms with Crippen LogP contribution in [-0.4, -0.2) is 72.0 Å². The number of hydrogen-bond donors (Lipinski definition) is 1. The van der Waals surface area contributed by atoms with E-state index in [2.05, 4.69) is 0 Å². The molecule has 2 saturated heterocycles. The van der Waals surface area contributed by atoms with Crippen LogP contribution in [0, 0.1) is 11.3 Å². The molecule has 1 spiro atoms. The fraction of sp³-hybridized carbons (Fsp3) is 0.625. The molecule has 3 rings (SSSR count). The molecule has 0 atom stereocenters. The lowest BCUT2D eigenvalue weighted by Gasteiger charge is -2.47. The summed E-state index contributed by atoms with van der Waals surface area (Å²) in [5.41, 5.74) is 6.45. The van der Waals surface area contributed by atoms with Crippen LogP contribution < -0.4 is 5.73 Å². The van der Waals surface area contributed by atoms with Crippen LogP contribution in [0.5, 0.6) is 0 Å². The smallest absolute Gasteiger partial charge is 0.410 e. The van der Waals surface area contributed by atoms with Gasteiger partial charge in [-0.15, -0.1) is 0 Å². The minimum atomic E-state index is -0.558. The van der Waals surface area contributed by atoms with Gasteiger partial charge in [-0.05, 0) is 42.6 Å². The van der Waals surface area contributed by atoms with Crippen LogP contribution in [0.25, 0.3) is 0 Å². The van der Waals surface area contributed by atoms with Crippen LogP contribution in [-0.2, 0) is 16.1 Å². The van der Waals surface area contributed by atoms with Gasteiger partial charge in [-0.3, -0.25) is 4.79 Å². The summed E-state index contributed by atoms with van der Waals surface area (Å²) < 4.78 is 5.53. The van der Waals surface area contributed by atoms with Gasteiger partial charge in [0.15, 0.2) is 0 Å². The van der Waals surface area contributed by atoms with Crippen molar-refractivity contribution in [2.75, 3.05) is 39.3 Å². The SMILES string of the molecule is CC(C)CN(CC(=O)N1CCC2(CCCN(C(=O)OCc3ccccc3)C2)CC1)C(N)=O. The summed E-state index contributed by atoms with van der Waals surface area (Å²) in [6, 6.07) is 9.12. The van der Waals surface area contributed by atoms with Crippen molar-refractivity contribution in [1.29, 1.82) is 0 Å². The summed E-state index contributed by atoms with van der Waals surface area (Å²) in [5.74, 6) is 0.184. The molecule has 32 heavy (non-hydrogen) atoms. The molecule has 0 unspecified atom stereocenters. The van der Waals surface area contributed by atoms with E-state index >= 15 is 0 Å². The maximum Gasteiger partial charge on any atom is 0.410 e. The van der Waals surface area contributed by atoms with E-state index in [-0.39, 0.29) is 36.5 Å². The number of ether oxygens (including phenoxy) is 1. The number of benzene rings is 1. The summed E-state index contributed by atoms with van der Waals surface area (Å²) >= 11 is 0. The molecule has 0 aliphatic carbocycles. The van der Waals surface area contributed by atoms with E-state index in [1.807, 2.05) is 54.0 Å². The standard InChI is InChI=1S/C24H36N4O4/c1-19(2)15-28(22(25)30)16-21(29)26-13-10-24(11-14-26)9-6-12-27(18-24)23(31)32-17-20-7-4-3-5-8-20/h3-5,7-8,19H,6,9-18H2,1-2H3,(H2,25,30). The van der Waals surface area contributed by atoms with E-state index in [0.717, 1.165) is 31.2 Å². The highest BCUT2D eigenvalue weighted by molar-refractivity contribution is 5.83. The third-order valence-electron chi connectivity index (χ3n) is 6.52. The number of likely N-dealkylation sites (tertiary alicyclic amines) is 2. The Morgan fingerprint density at radius 2 is 1.75 bits per heavy atom. The number of amides is 4. The van der Waals surface area contributed by atoms with Crippen molar-refractivity contribution in [2.45, 2.75) is 46.1 Å². The Labute approximate surface area is 190 Å². The van der Waals surface area contributed by atoms with Crippen LogP contribution in [0.1, 0.15) is 45.1 Å². The second-order valence-corrected chi connectivity index (χ2v) is 9.56. The third-order valence-corrected chi connectivity index (χ3v) is 6.52. The maximum atomic E-state index is 12.8. The van der Waals surface area contributed by atoms with Gasteiger partial charge in [-0.2, -0.15) is 0 Å². The first-order valence-electron chi connectivity index (χ1n) is 11.6. The quantitative estimate of drug-likeness (QED) is 0.729. The molecule has 0 bridgehead atoms. The van der Waals surface area contributed by atoms with Gasteiger partial charge in [0.2, 0.25) is 5.91 Å². The Kier molecular flexibility index (Phi) is 7.99. The number of carbonyl (C=O) groups is 3. The van der Waals surface area contributed by atoms with Gasteiger partial charge in [0.05, 0.1) is 0 Å². The van der Waals surface area contributed by atoms with Gasteiger partial charge in [-0.25, -0.2) is 9.59 Å². The summed E-state index contributed by atoms with van der Waals surface area (Å²) in [6.45, 7) is 7.41. The van der Waals surface area contributed by atoms with Gasteiger partial charge in [0.1, 0.15) is 13.2 Å². The second-order valence-electron chi connectivity index (χ2n) is 9.56. The summed E-state index contributed by atoms with van der Waals surface area (Å²) in [7, 11) is 0. The predicted molar refractivity (Wildman–Crippen MR) is 122 cm³/mol. The number of nitrogens with two attached hydrogens (primary N) is 1. The minimum Gasteiger partial charge on any atom is -0.445 e. The highest BCUT2D eigenvalue weighted by Crippen LogP contribution is 2.40. The van der Waals surface area contributed by atoms with Gasteiger partial charge in [-0.1, -0.05) is 44.2 Å². The Morgan fingerprint density at radius 1 is 1.06 bits per heavy atom. The molecule has 1 aromatic carbocycles. The van der Waals surface area contributed by atoms with Crippen LogP contribution in [0.2, 0.25) is 0 Å². The van der Waals surface area contributed by atoms with Crippen molar-refractivity contribution in [1.82, 2.24) is 14.7 Å². The monoisotopic (exact) mass is 444 g/mol. The van der Waals surface area contributed by atoms with Crippen LogP contribution >= 0.6 is 0 Å². The molecule has 2 N–H and O–H groups in total. The number of carbonyl (C=O) groups excluding carboxylic acids is 3. The zero-order valence-corrected chi connectivity index (χ0v) is 19.3. The first-order chi connectivity index (χ1) is 15.3. The normalized spacial score (nSPS) is 18.0. The zero-order chi connectivity index (χ0) is 23.1. The van der Waals surface area contributed by atoms with E-state index in [1.54, 1.807) is 0 Å². The molecule has 0 aromatic heterocycles. The number of rotatable bonds is 6.